The van der Waals surface area contributed by atoms with Crippen LogP contribution in [0, 0.1) is 6.92 Å². The fraction of sp³-hybridized carbons (Fsp3) is 0.632. The van der Waals surface area contributed by atoms with Crippen LogP contribution in [0.2, 0.25) is 0 Å². The number of nitrogens with one attached hydrogen (secondary N) is 1. The summed E-state index contributed by atoms with van der Waals surface area (Å²) in [6.45, 7) is 7.73. The summed E-state index contributed by atoms with van der Waals surface area (Å²) in [5.41, 5.74) is 1.19. The molecule has 0 bridgehead atoms. The Morgan fingerprint density at radius 2 is 2.15 bits per heavy atom. The second-order valence-electron chi connectivity index (χ2n) is 8.20. The number of aryl methyl sites for hydroxylation is 1. The van der Waals surface area contributed by atoms with Gasteiger partial charge in [-0.05, 0) is 46.1 Å². The van der Waals surface area contributed by atoms with Gasteiger partial charge in [0.1, 0.15) is 17.9 Å². The van der Waals surface area contributed by atoms with Crippen LogP contribution < -0.4 is 5.32 Å². The second kappa shape index (κ2) is 5.67. The summed E-state index contributed by atoms with van der Waals surface area (Å²) in [5, 5.41) is 4.23. The van der Waals surface area contributed by atoms with Crippen molar-refractivity contribution in [3.05, 3.63) is 17.7 Å². The topological polar surface area (TPSA) is 74.5 Å². The second-order valence-corrected chi connectivity index (χ2v) is 8.20. The number of aromatic nitrogens is 2. The number of nitrogens with zero attached hydrogens (tertiary/aromatic N) is 4. The van der Waals surface area contributed by atoms with Gasteiger partial charge in [0.15, 0.2) is 0 Å². The van der Waals surface area contributed by atoms with Crippen LogP contribution in [0.1, 0.15) is 48.7 Å². The van der Waals surface area contributed by atoms with Crippen LogP contribution in [0.3, 0.4) is 0 Å². The molecule has 5 rings (SSSR count). The van der Waals surface area contributed by atoms with Crippen molar-refractivity contribution in [1.82, 2.24) is 19.8 Å². The van der Waals surface area contributed by atoms with Crippen LogP contribution in [-0.2, 0) is 0 Å². The fourth-order valence-electron chi connectivity index (χ4n) is 4.33. The molecular weight excluding hydrogens is 330 g/mol. The van der Waals surface area contributed by atoms with Crippen LogP contribution in [-0.4, -0.2) is 63.4 Å². The molecule has 0 aromatic carbocycles. The molecule has 1 N–H and O–H groups in total. The molecule has 1 saturated carbocycles. The number of hydrogen-bond acceptors (Lipinski definition) is 6. The van der Waals surface area contributed by atoms with Gasteiger partial charge >= 0.3 is 0 Å². The van der Waals surface area contributed by atoms with Crippen molar-refractivity contribution in [3.63, 3.8) is 0 Å². The zero-order valence-electron chi connectivity index (χ0n) is 15.4. The molecule has 1 aliphatic carbocycles. The van der Waals surface area contributed by atoms with Gasteiger partial charge in [-0.1, -0.05) is 0 Å². The summed E-state index contributed by atoms with van der Waals surface area (Å²) in [6, 6.07) is 0.505. The number of amides is 1. The van der Waals surface area contributed by atoms with Crippen molar-refractivity contribution in [2.24, 2.45) is 0 Å². The molecule has 7 nitrogen and oxygen atoms in total. The molecule has 3 fully saturated rings. The first kappa shape index (κ1) is 16.1. The highest BCUT2D eigenvalue weighted by Crippen LogP contribution is 2.40. The number of rotatable bonds is 3. The maximum Gasteiger partial charge on any atom is 0.258 e. The number of fused-ring (bicyclic) bond motifs is 2. The van der Waals surface area contributed by atoms with E-state index in [0.29, 0.717) is 23.1 Å². The molecule has 0 unspecified atom stereocenters. The van der Waals surface area contributed by atoms with Crippen LogP contribution in [0.5, 0.6) is 0 Å². The van der Waals surface area contributed by atoms with Crippen molar-refractivity contribution in [3.8, 4) is 0 Å². The normalized spacial score (nSPS) is 24.7. The van der Waals surface area contributed by atoms with E-state index in [-0.39, 0.29) is 11.4 Å². The molecule has 0 radical (unpaired) electrons. The van der Waals surface area contributed by atoms with Crippen molar-refractivity contribution in [2.75, 3.05) is 31.5 Å². The average molecular weight is 355 g/mol. The predicted octanol–water partition coefficient (Wildman–Crippen LogP) is 2.42. The first-order valence-corrected chi connectivity index (χ1v) is 9.60. The number of anilines is 1. The molecular formula is C19H25N5O2. The smallest absolute Gasteiger partial charge is 0.258 e. The minimum atomic E-state index is 0.0478. The third kappa shape index (κ3) is 2.57. The summed E-state index contributed by atoms with van der Waals surface area (Å²) in [4.78, 5) is 26.6. The lowest BCUT2D eigenvalue weighted by Gasteiger charge is -2.37. The molecule has 26 heavy (non-hydrogen) atoms. The Bertz CT molecular complexity index is 872. The van der Waals surface area contributed by atoms with Crippen LogP contribution in [0.25, 0.3) is 11.1 Å². The first-order chi connectivity index (χ1) is 12.5. The van der Waals surface area contributed by atoms with Gasteiger partial charge in [0.05, 0.1) is 10.9 Å². The zero-order valence-corrected chi connectivity index (χ0v) is 15.4. The van der Waals surface area contributed by atoms with Gasteiger partial charge in [-0.3, -0.25) is 9.69 Å². The van der Waals surface area contributed by atoms with E-state index in [1.54, 1.807) is 0 Å². The molecule has 2 aromatic rings. The Morgan fingerprint density at radius 3 is 2.96 bits per heavy atom. The van der Waals surface area contributed by atoms with Crippen molar-refractivity contribution >= 4 is 22.8 Å². The van der Waals surface area contributed by atoms with Gasteiger partial charge in [-0.15, -0.1) is 0 Å². The Hall–Kier alpha value is -2.15. The van der Waals surface area contributed by atoms with Crippen molar-refractivity contribution in [1.29, 1.82) is 0 Å². The summed E-state index contributed by atoms with van der Waals surface area (Å²) in [7, 11) is 0. The minimum absolute atomic E-state index is 0.0478. The summed E-state index contributed by atoms with van der Waals surface area (Å²) in [5.74, 6) is 1.39. The van der Waals surface area contributed by atoms with E-state index in [4.69, 9.17) is 4.42 Å². The van der Waals surface area contributed by atoms with E-state index in [1.165, 1.54) is 25.7 Å². The lowest BCUT2D eigenvalue weighted by atomic mass is 10.1. The lowest BCUT2D eigenvalue weighted by molar-refractivity contribution is 0.0571. The van der Waals surface area contributed by atoms with Gasteiger partial charge in [-0.2, -0.15) is 0 Å². The highest BCUT2D eigenvalue weighted by atomic mass is 16.3. The van der Waals surface area contributed by atoms with Crippen LogP contribution >= 0.6 is 0 Å². The van der Waals surface area contributed by atoms with E-state index in [1.807, 2.05) is 11.8 Å². The monoisotopic (exact) mass is 355 g/mol. The highest BCUT2D eigenvalue weighted by Gasteiger charge is 2.39. The summed E-state index contributed by atoms with van der Waals surface area (Å²) in [6.07, 6.45) is 6.15. The zero-order chi connectivity index (χ0) is 17.9. The number of furan rings is 1. The standard InChI is InChI=1S/C19H25N5O2/c1-12-14(18(25)24-9-8-23-7-3-4-13(23)10-24)15-16(22-19(2)5-6-19)20-11-21-17(15)26-12/h11,13H,3-10H2,1-2H3,(H,20,21,22)/t13-/m0/s1. The van der Waals surface area contributed by atoms with Gasteiger partial charge in [-0.25, -0.2) is 9.97 Å². The van der Waals surface area contributed by atoms with Gasteiger partial charge in [0.25, 0.3) is 5.91 Å². The average Bonchev–Trinajstić information content (AvgIpc) is 3.05. The molecule has 138 valence electrons. The number of carbonyl (C=O) groups is 1. The van der Waals surface area contributed by atoms with Crippen LogP contribution in [0.15, 0.2) is 10.7 Å². The molecule has 0 spiro atoms. The fourth-order valence-corrected chi connectivity index (χ4v) is 4.33. The van der Waals surface area contributed by atoms with E-state index in [0.717, 1.165) is 43.7 Å². The third-order valence-electron chi connectivity index (χ3n) is 6.17. The molecule has 7 heteroatoms. The van der Waals surface area contributed by atoms with E-state index < -0.39 is 0 Å². The summed E-state index contributed by atoms with van der Waals surface area (Å²) >= 11 is 0. The van der Waals surface area contributed by atoms with E-state index in [9.17, 15) is 4.79 Å². The Morgan fingerprint density at radius 1 is 1.31 bits per heavy atom. The highest BCUT2D eigenvalue weighted by molar-refractivity contribution is 6.10. The van der Waals surface area contributed by atoms with Gasteiger partial charge in [0, 0.05) is 31.2 Å². The minimum Gasteiger partial charge on any atom is -0.442 e. The molecule has 2 aromatic heterocycles. The Kier molecular flexibility index (Phi) is 3.50. The molecule has 4 heterocycles. The van der Waals surface area contributed by atoms with Gasteiger partial charge < -0.3 is 14.6 Å². The number of carbonyl (C=O) groups excluding carboxylic acids is 1. The Balaban J connectivity index is 1.51. The van der Waals surface area contributed by atoms with Crippen molar-refractivity contribution in [2.45, 2.75) is 51.1 Å². The molecule has 1 amide bonds. The molecule has 3 aliphatic rings. The molecule has 2 aliphatic heterocycles. The lowest BCUT2D eigenvalue weighted by Crippen LogP contribution is -2.52. The first-order valence-electron chi connectivity index (χ1n) is 9.60. The van der Waals surface area contributed by atoms with E-state index in [2.05, 4.69) is 27.1 Å². The largest absolute Gasteiger partial charge is 0.442 e. The maximum absolute atomic E-state index is 13.4. The molecule has 2 saturated heterocycles. The van der Waals surface area contributed by atoms with E-state index >= 15 is 0 Å². The maximum atomic E-state index is 13.4. The molecule has 1 atom stereocenters. The Labute approximate surface area is 152 Å². The number of piperazine rings is 1. The third-order valence-corrected chi connectivity index (χ3v) is 6.17. The number of hydrogen-bond donors (Lipinski definition) is 1. The SMILES string of the molecule is Cc1oc2ncnc(NC3(C)CC3)c2c1C(=O)N1CCN2CCC[C@H]2C1. The summed E-state index contributed by atoms with van der Waals surface area (Å²) < 4.78 is 5.82. The quantitative estimate of drug-likeness (QED) is 0.911. The predicted molar refractivity (Wildman–Crippen MR) is 98.3 cm³/mol. The van der Waals surface area contributed by atoms with Crippen LogP contribution in [0.4, 0.5) is 5.82 Å². The van der Waals surface area contributed by atoms with Gasteiger partial charge in [0.2, 0.25) is 5.71 Å². The van der Waals surface area contributed by atoms with Crippen molar-refractivity contribution < 1.29 is 9.21 Å².